The highest BCUT2D eigenvalue weighted by atomic mass is 79.9. The Morgan fingerprint density at radius 1 is 1.08 bits per heavy atom. The Balaban J connectivity index is 1.65. The van der Waals surface area contributed by atoms with Gasteiger partial charge in [-0.15, -0.1) is 0 Å². The molecule has 4 aliphatic carbocycles. The molecule has 1 aromatic rings. The number of aliphatic carboxylic acids is 1. The first-order chi connectivity index (χ1) is 11.4. The van der Waals surface area contributed by atoms with Crippen molar-refractivity contribution in [1.29, 1.82) is 0 Å². The van der Waals surface area contributed by atoms with Crippen LogP contribution in [0.25, 0.3) is 0 Å². The minimum absolute atomic E-state index is 0.0142. The molecule has 126 valence electrons. The summed E-state index contributed by atoms with van der Waals surface area (Å²) in [6.07, 6.45) is 5.19. The first-order valence-corrected chi connectivity index (χ1v) is 9.16. The molecule has 24 heavy (non-hydrogen) atoms. The van der Waals surface area contributed by atoms with Crippen LogP contribution in [0, 0.1) is 49.4 Å². The van der Waals surface area contributed by atoms with E-state index in [1.807, 2.05) is 32.1 Å². The molecule has 5 rings (SSSR count). The quantitative estimate of drug-likeness (QED) is 0.773. The summed E-state index contributed by atoms with van der Waals surface area (Å²) >= 11 is 3.46. The van der Waals surface area contributed by atoms with Crippen molar-refractivity contribution in [2.75, 3.05) is 5.32 Å². The van der Waals surface area contributed by atoms with Gasteiger partial charge in [-0.25, -0.2) is 0 Å². The van der Waals surface area contributed by atoms with E-state index in [1.165, 1.54) is 0 Å². The largest absolute Gasteiger partial charge is 0.481 e. The van der Waals surface area contributed by atoms with E-state index in [-0.39, 0.29) is 17.7 Å². The third-order valence-corrected chi connectivity index (χ3v) is 6.44. The molecule has 4 aliphatic rings. The number of carbonyl (C=O) groups is 2. The van der Waals surface area contributed by atoms with E-state index in [4.69, 9.17) is 0 Å². The predicted octanol–water partition coefficient (Wildman–Crippen LogP) is 3.77. The van der Waals surface area contributed by atoms with Gasteiger partial charge in [-0.3, -0.25) is 9.59 Å². The van der Waals surface area contributed by atoms with Crippen molar-refractivity contribution in [1.82, 2.24) is 0 Å². The molecule has 1 aromatic carbocycles. The smallest absolute Gasteiger partial charge is 0.307 e. The Kier molecular flexibility index (Phi) is 3.60. The molecule has 0 saturated heterocycles. The predicted molar refractivity (Wildman–Crippen MR) is 94.6 cm³/mol. The van der Waals surface area contributed by atoms with Crippen LogP contribution >= 0.6 is 15.9 Å². The van der Waals surface area contributed by atoms with Gasteiger partial charge in [0.15, 0.2) is 0 Å². The number of fused-ring (bicyclic) bond motifs is 1. The van der Waals surface area contributed by atoms with Gasteiger partial charge in [-0.1, -0.05) is 28.1 Å². The van der Waals surface area contributed by atoms with E-state index in [9.17, 15) is 14.7 Å². The Labute approximate surface area is 149 Å². The van der Waals surface area contributed by atoms with E-state index < -0.39 is 17.8 Å². The van der Waals surface area contributed by atoms with Crippen molar-refractivity contribution in [3.8, 4) is 0 Å². The van der Waals surface area contributed by atoms with Gasteiger partial charge < -0.3 is 10.4 Å². The van der Waals surface area contributed by atoms with Gasteiger partial charge in [0.05, 0.1) is 11.8 Å². The van der Waals surface area contributed by atoms with Crippen LogP contribution in [0.15, 0.2) is 28.8 Å². The molecule has 5 heteroatoms. The molecule has 2 N–H and O–H groups in total. The number of allylic oxidation sites excluding steroid dienone is 2. The SMILES string of the molecule is Cc1cc(Br)cc(C)c1NC(=O)C1C2C=CC(C3CC23)C1C(=O)O. The highest BCUT2D eigenvalue weighted by Gasteiger charge is 2.63. The van der Waals surface area contributed by atoms with Gasteiger partial charge >= 0.3 is 5.97 Å². The first-order valence-electron chi connectivity index (χ1n) is 8.37. The third-order valence-electron chi connectivity index (χ3n) is 5.99. The molecule has 2 fully saturated rings. The molecule has 0 aliphatic heterocycles. The standard InChI is InChI=1S/C19H20BrNO3/c1-8-5-10(20)6-9(2)17(8)21-18(22)15-11-3-4-12(14-7-13(11)14)16(15)19(23)24/h3-6,11-16H,7H2,1-2H3,(H,21,22)(H,23,24). The summed E-state index contributed by atoms with van der Waals surface area (Å²) in [6, 6.07) is 3.92. The van der Waals surface area contributed by atoms with Gasteiger partial charge in [0.2, 0.25) is 5.91 Å². The number of anilines is 1. The summed E-state index contributed by atoms with van der Waals surface area (Å²) in [7, 11) is 0. The van der Waals surface area contributed by atoms with Gasteiger partial charge in [-0.05, 0) is 67.2 Å². The fraction of sp³-hybridized carbons (Fsp3) is 0.474. The zero-order chi connectivity index (χ0) is 17.2. The third kappa shape index (κ3) is 2.32. The van der Waals surface area contributed by atoms with E-state index in [0.717, 1.165) is 27.7 Å². The summed E-state index contributed by atoms with van der Waals surface area (Å²) in [6.45, 7) is 3.90. The minimum Gasteiger partial charge on any atom is -0.481 e. The number of aryl methyl sites for hydroxylation is 2. The lowest BCUT2D eigenvalue weighted by Crippen LogP contribution is -2.48. The summed E-state index contributed by atoms with van der Waals surface area (Å²) in [5.41, 5.74) is 2.75. The molecule has 0 spiro atoms. The second kappa shape index (κ2) is 5.45. The molecule has 1 amide bonds. The summed E-state index contributed by atoms with van der Waals surface area (Å²) in [5.74, 6) is -1.01. The molecule has 0 heterocycles. The average Bonchev–Trinajstić information content (AvgIpc) is 3.31. The minimum atomic E-state index is -0.843. The topological polar surface area (TPSA) is 66.4 Å². The fourth-order valence-corrected chi connectivity index (χ4v) is 5.57. The van der Waals surface area contributed by atoms with Crippen molar-refractivity contribution < 1.29 is 14.7 Å². The highest BCUT2D eigenvalue weighted by Crippen LogP contribution is 2.63. The molecule has 2 saturated carbocycles. The van der Waals surface area contributed by atoms with Crippen LogP contribution in [-0.4, -0.2) is 17.0 Å². The van der Waals surface area contributed by atoms with Crippen LogP contribution in [0.1, 0.15) is 17.5 Å². The van der Waals surface area contributed by atoms with Crippen LogP contribution in [-0.2, 0) is 9.59 Å². The van der Waals surface area contributed by atoms with E-state index in [2.05, 4.69) is 27.3 Å². The zero-order valence-electron chi connectivity index (χ0n) is 13.6. The lowest BCUT2D eigenvalue weighted by molar-refractivity contribution is -0.152. The molecular formula is C19H20BrNO3. The lowest BCUT2D eigenvalue weighted by atomic mass is 9.62. The van der Waals surface area contributed by atoms with E-state index in [0.29, 0.717) is 11.8 Å². The Morgan fingerprint density at radius 2 is 1.62 bits per heavy atom. The first kappa shape index (κ1) is 15.9. The van der Waals surface area contributed by atoms with Gasteiger partial charge in [0.1, 0.15) is 0 Å². The molecule has 0 radical (unpaired) electrons. The number of rotatable bonds is 3. The number of carboxylic acids is 1. The average molecular weight is 390 g/mol. The van der Waals surface area contributed by atoms with Crippen LogP contribution in [0.5, 0.6) is 0 Å². The van der Waals surface area contributed by atoms with Crippen molar-refractivity contribution in [3.05, 3.63) is 39.9 Å². The van der Waals surface area contributed by atoms with Crippen molar-refractivity contribution in [2.45, 2.75) is 20.3 Å². The number of nitrogens with one attached hydrogen (secondary N) is 1. The number of amides is 1. The molecular weight excluding hydrogens is 370 g/mol. The Bertz CT molecular complexity index is 749. The lowest BCUT2D eigenvalue weighted by Gasteiger charge is -2.41. The molecule has 4 nitrogen and oxygen atoms in total. The zero-order valence-corrected chi connectivity index (χ0v) is 15.2. The monoisotopic (exact) mass is 389 g/mol. The Hall–Kier alpha value is -1.62. The normalized spacial score (nSPS) is 35.5. The van der Waals surface area contributed by atoms with Crippen LogP contribution in [0.4, 0.5) is 5.69 Å². The molecule has 6 atom stereocenters. The maximum atomic E-state index is 13.0. The summed E-state index contributed by atoms with van der Waals surface area (Å²) < 4.78 is 0.972. The van der Waals surface area contributed by atoms with Crippen molar-refractivity contribution >= 4 is 33.5 Å². The number of halogens is 1. The van der Waals surface area contributed by atoms with Gasteiger partial charge in [0.25, 0.3) is 0 Å². The van der Waals surface area contributed by atoms with Gasteiger partial charge in [0, 0.05) is 10.2 Å². The van der Waals surface area contributed by atoms with E-state index >= 15 is 0 Å². The van der Waals surface area contributed by atoms with Crippen molar-refractivity contribution in [3.63, 3.8) is 0 Å². The van der Waals surface area contributed by atoms with Crippen molar-refractivity contribution in [2.24, 2.45) is 35.5 Å². The Morgan fingerprint density at radius 3 is 2.17 bits per heavy atom. The van der Waals surface area contributed by atoms with Crippen LogP contribution < -0.4 is 5.32 Å². The van der Waals surface area contributed by atoms with Crippen LogP contribution in [0.3, 0.4) is 0 Å². The number of hydrogen-bond acceptors (Lipinski definition) is 2. The number of carboxylic acid groups (broad SMARTS) is 1. The number of benzene rings is 1. The molecule has 2 bridgehead atoms. The number of hydrogen-bond donors (Lipinski definition) is 2. The fourth-order valence-electron chi connectivity index (χ4n) is 4.88. The maximum absolute atomic E-state index is 13.0. The van der Waals surface area contributed by atoms with E-state index in [1.54, 1.807) is 0 Å². The molecule has 6 unspecified atom stereocenters. The van der Waals surface area contributed by atoms with Gasteiger partial charge in [-0.2, -0.15) is 0 Å². The second-order valence-corrected chi connectivity index (χ2v) is 8.31. The highest BCUT2D eigenvalue weighted by molar-refractivity contribution is 9.10. The van der Waals surface area contributed by atoms with Crippen LogP contribution in [0.2, 0.25) is 0 Å². The summed E-state index contributed by atoms with van der Waals surface area (Å²) in [5, 5.41) is 12.7. The number of carbonyl (C=O) groups excluding carboxylic acids is 1. The maximum Gasteiger partial charge on any atom is 0.307 e. The molecule has 0 aromatic heterocycles. The second-order valence-electron chi connectivity index (χ2n) is 7.40. The summed E-state index contributed by atoms with van der Waals surface area (Å²) in [4.78, 5) is 24.8.